The van der Waals surface area contributed by atoms with Gasteiger partial charge in [-0.3, -0.25) is 4.90 Å². The molecule has 0 aliphatic carbocycles. The van der Waals surface area contributed by atoms with Gasteiger partial charge in [0.15, 0.2) is 0 Å². The van der Waals surface area contributed by atoms with E-state index in [0.717, 1.165) is 26.2 Å². The van der Waals surface area contributed by atoms with Crippen LogP contribution in [0.5, 0.6) is 0 Å². The lowest BCUT2D eigenvalue weighted by molar-refractivity contribution is 0.227. The molecule has 0 aromatic heterocycles. The second kappa shape index (κ2) is 5.83. The van der Waals surface area contributed by atoms with Crippen LogP contribution in [0.15, 0.2) is 36.4 Å². The Morgan fingerprint density at radius 2 is 2.19 bits per heavy atom. The monoisotopic (exact) mass is 216 g/mol. The summed E-state index contributed by atoms with van der Waals surface area (Å²) < 4.78 is 0. The summed E-state index contributed by atoms with van der Waals surface area (Å²) in [6.07, 6.45) is 4.46. The SMILES string of the molecule is C[C@H]1CN(C/C=C/c2ccccc2)CCN1. The van der Waals surface area contributed by atoms with Crippen LogP contribution in [0.1, 0.15) is 12.5 Å². The van der Waals surface area contributed by atoms with Gasteiger partial charge in [0, 0.05) is 32.2 Å². The number of hydrogen-bond donors (Lipinski definition) is 1. The normalized spacial score (nSPS) is 22.7. The van der Waals surface area contributed by atoms with Crippen LogP contribution in [0, 0.1) is 0 Å². The molecule has 2 heteroatoms. The van der Waals surface area contributed by atoms with Gasteiger partial charge in [0.2, 0.25) is 0 Å². The van der Waals surface area contributed by atoms with E-state index in [9.17, 15) is 0 Å². The quantitative estimate of drug-likeness (QED) is 0.831. The number of benzene rings is 1. The van der Waals surface area contributed by atoms with Crippen LogP contribution in [0.25, 0.3) is 6.08 Å². The maximum Gasteiger partial charge on any atom is 0.0167 e. The molecule has 0 saturated carbocycles. The molecule has 86 valence electrons. The third kappa shape index (κ3) is 3.47. The topological polar surface area (TPSA) is 15.3 Å². The Balaban J connectivity index is 1.80. The van der Waals surface area contributed by atoms with Crippen LogP contribution < -0.4 is 5.32 Å². The molecular formula is C14H20N2. The second-order valence-electron chi connectivity index (χ2n) is 4.43. The maximum atomic E-state index is 3.45. The van der Waals surface area contributed by atoms with Crippen molar-refractivity contribution in [3.8, 4) is 0 Å². The zero-order chi connectivity index (χ0) is 11.2. The molecule has 1 aliphatic rings. The lowest BCUT2D eigenvalue weighted by Crippen LogP contribution is -2.49. The fourth-order valence-electron chi connectivity index (χ4n) is 2.08. The molecule has 0 bridgehead atoms. The Bertz CT molecular complexity index is 332. The molecule has 1 saturated heterocycles. The van der Waals surface area contributed by atoms with Crippen molar-refractivity contribution in [3.63, 3.8) is 0 Å². The summed E-state index contributed by atoms with van der Waals surface area (Å²) in [7, 11) is 0. The first kappa shape index (κ1) is 11.4. The molecule has 16 heavy (non-hydrogen) atoms. The van der Waals surface area contributed by atoms with E-state index in [-0.39, 0.29) is 0 Å². The highest BCUT2D eigenvalue weighted by Crippen LogP contribution is 2.03. The number of nitrogens with one attached hydrogen (secondary N) is 1. The number of nitrogens with zero attached hydrogens (tertiary/aromatic N) is 1. The van der Waals surface area contributed by atoms with Crippen LogP contribution in [-0.2, 0) is 0 Å². The van der Waals surface area contributed by atoms with E-state index < -0.39 is 0 Å². The van der Waals surface area contributed by atoms with Crippen LogP contribution >= 0.6 is 0 Å². The van der Waals surface area contributed by atoms with E-state index in [0.29, 0.717) is 6.04 Å². The lowest BCUT2D eigenvalue weighted by Gasteiger charge is -2.30. The van der Waals surface area contributed by atoms with Gasteiger partial charge in [0.25, 0.3) is 0 Å². The molecule has 1 aromatic carbocycles. The molecule has 1 N–H and O–H groups in total. The van der Waals surface area contributed by atoms with Gasteiger partial charge in [-0.05, 0) is 12.5 Å². The highest BCUT2D eigenvalue weighted by molar-refractivity contribution is 5.48. The number of hydrogen-bond acceptors (Lipinski definition) is 2. The second-order valence-corrected chi connectivity index (χ2v) is 4.43. The minimum absolute atomic E-state index is 0.624. The highest BCUT2D eigenvalue weighted by Gasteiger charge is 2.13. The molecule has 0 spiro atoms. The molecule has 1 heterocycles. The number of piperazine rings is 1. The first-order chi connectivity index (χ1) is 7.84. The van der Waals surface area contributed by atoms with Crippen molar-refractivity contribution in [2.75, 3.05) is 26.2 Å². The first-order valence-electron chi connectivity index (χ1n) is 6.02. The van der Waals surface area contributed by atoms with Crippen molar-refractivity contribution in [3.05, 3.63) is 42.0 Å². The van der Waals surface area contributed by atoms with E-state index in [2.05, 4.69) is 59.6 Å². The van der Waals surface area contributed by atoms with Crippen molar-refractivity contribution in [1.29, 1.82) is 0 Å². The summed E-state index contributed by atoms with van der Waals surface area (Å²) in [5.74, 6) is 0. The molecule has 1 aliphatic heterocycles. The Morgan fingerprint density at radius 3 is 2.94 bits per heavy atom. The third-order valence-electron chi connectivity index (χ3n) is 2.93. The molecule has 1 fully saturated rings. The van der Waals surface area contributed by atoms with Gasteiger partial charge < -0.3 is 5.32 Å². The molecule has 1 aromatic rings. The fourth-order valence-corrected chi connectivity index (χ4v) is 2.08. The highest BCUT2D eigenvalue weighted by atomic mass is 15.2. The summed E-state index contributed by atoms with van der Waals surface area (Å²) in [5.41, 5.74) is 1.28. The largest absolute Gasteiger partial charge is 0.312 e. The van der Waals surface area contributed by atoms with E-state index in [1.54, 1.807) is 0 Å². The van der Waals surface area contributed by atoms with Crippen LogP contribution in [-0.4, -0.2) is 37.1 Å². The Hall–Kier alpha value is -1.12. The number of rotatable bonds is 3. The summed E-state index contributed by atoms with van der Waals surface area (Å²) in [5, 5.41) is 3.45. The summed E-state index contributed by atoms with van der Waals surface area (Å²) in [6.45, 7) is 6.72. The first-order valence-corrected chi connectivity index (χ1v) is 6.02. The molecule has 0 radical (unpaired) electrons. The van der Waals surface area contributed by atoms with Gasteiger partial charge in [-0.2, -0.15) is 0 Å². The van der Waals surface area contributed by atoms with Crippen LogP contribution in [0.2, 0.25) is 0 Å². The molecule has 1 atom stereocenters. The molecule has 2 rings (SSSR count). The van der Waals surface area contributed by atoms with Gasteiger partial charge >= 0.3 is 0 Å². The molecular weight excluding hydrogens is 196 g/mol. The predicted octanol–water partition coefficient (Wildman–Crippen LogP) is 1.99. The Labute approximate surface area is 98.0 Å². The van der Waals surface area contributed by atoms with Crippen molar-refractivity contribution < 1.29 is 0 Å². The van der Waals surface area contributed by atoms with E-state index >= 15 is 0 Å². The van der Waals surface area contributed by atoms with Crippen LogP contribution in [0.3, 0.4) is 0 Å². The predicted molar refractivity (Wildman–Crippen MR) is 69.4 cm³/mol. The average Bonchev–Trinajstić information content (AvgIpc) is 2.30. The van der Waals surface area contributed by atoms with Crippen molar-refractivity contribution in [2.45, 2.75) is 13.0 Å². The molecule has 0 unspecified atom stereocenters. The third-order valence-corrected chi connectivity index (χ3v) is 2.93. The van der Waals surface area contributed by atoms with Gasteiger partial charge in [-0.1, -0.05) is 42.5 Å². The Morgan fingerprint density at radius 1 is 1.38 bits per heavy atom. The minimum Gasteiger partial charge on any atom is -0.312 e. The van der Waals surface area contributed by atoms with Crippen LogP contribution in [0.4, 0.5) is 0 Å². The van der Waals surface area contributed by atoms with Crippen molar-refractivity contribution in [1.82, 2.24) is 10.2 Å². The molecule has 2 nitrogen and oxygen atoms in total. The lowest BCUT2D eigenvalue weighted by atomic mass is 10.2. The summed E-state index contributed by atoms with van der Waals surface area (Å²) >= 11 is 0. The standard InChI is InChI=1S/C14H20N2/c1-13-12-16(11-9-15-13)10-5-8-14-6-3-2-4-7-14/h2-8,13,15H,9-12H2,1H3/b8-5+/t13-/m0/s1. The van der Waals surface area contributed by atoms with Gasteiger partial charge in [0.05, 0.1) is 0 Å². The van der Waals surface area contributed by atoms with Gasteiger partial charge in [0.1, 0.15) is 0 Å². The zero-order valence-electron chi connectivity index (χ0n) is 9.89. The van der Waals surface area contributed by atoms with E-state index in [1.807, 2.05) is 0 Å². The fraction of sp³-hybridized carbons (Fsp3) is 0.429. The maximum absolute atomic E-state index is 3.45. The van der Waals surface area contributed by atoms with E-state index in [4.69, 9.17) is 0 Å². The smallest absolute Gasteiger partial charge is 0.0167 e. The van der Waals surface area contributed by atoms with Crippen molar-refractivity contribution >= 4 is 6.08 Å². The minimum atomic E-state index is 0.624. The van der Waals surface area contributed by atoms with E-state index in [1.165, 1.54) is 5.56 Å². The average molecular weight is 216 g/mol. The van der Waals surface area contributed by atoms with Crippen molar-refractivity contribution in [2.24, 2.45) is 0 Å². The van der Waals surface area contributed by atoms with Gasteiger partial charge in [-0.25, -0.2) is 0 Å². The summed E-state index contributed by atoms with van der Waals surface area (Å²) in [6, 6.07) is 11.1. The molecule has 0 amide bonds. The summed E-state index contributed by atoms with van der Waals surface area (Å²) in [4.78, 5) is 2.49. The Kier molecular flexibility index (Phi) is 4.14. The van der Waals surface area contributed by atoms with Gasteiger partial charge in [-0.15, -0.1) is 0 Å². The zero-order valence-corrected chi connectivity index (χ0v) is 9.89.